The van der Waals surface area contributed by atoms with E-state index in [-0.39, 0.29) is 24.2 Å². The Morgan fingerprint density at radius 3 is 2.86 bits per heavy atom. The van der Waals surface area contributed by atoms with E-state index in [0.717, 1.165) is 18.7 Å². The van der Waals surface area contributed by atoms with Gasteiger partial charge < -0.3 is 18.9 Å². The first-order valence-corrected chi connectivity index (χ1v) is 9.69. The molecule has 2 aromatic rings. The van der Waals surface area contributed by atoms with Crippen molar-refractivity contribution in [1.82, 2.24) is 14.8 Å². The van der Waals surface area contributed by atoms with Crippen LogP contribution in [0.2, 0.25) is 0 Å². The van der Waals surface area contributed by atoms with Crippen molar-refractivity contribution in [2.24, 2.45) is 5.92 Å². The van der Waals surface area contributed by atoms with Crippen LogP contribution in [0.4, 0.5) is 0 Å². The number of hydrogen-bond acceptors (Lipinski definition) is 5. The fourth-order valence-electron chi connectivity index (χ4n) is 4.35. The second kappa shape index (κ2) is 6.63. The number of aromatic nitrogens is 1. The van der Waals surface area contributed by atoms with Gasteiger partial charge in [0.15, 0.2) is 16.6 Å². The van der Waals surface area contributed by atoms with Gasteiger partial charge in [0.05, 0.1) is 0 Å². The van der Waals surface area contributed by atoms with Gasteiger partial charge in [-0.3, -0.25) is 14.9 Å². The van der Waals surface area contributed by atoms with Crippen LogP contribution in [0.15, 0.2) is 41.2 Å². The van der Waals surface area contributed by atoms with Crippen molar-refractivity contribution in [3.05, 3.63) is 58.0 Å². The van der Waals surface area contributed by atoms with Gasteiger partial charge in [-0.05, 0) is 48.8 Å². The number of fused-ring (bicyclic) bond motifs is 5. The summed E-state index contributed by atoms with van der Waals surface area (Å²) in [5.41, 5.74) is 1.58. The van der Waals surface area contributed by atoms with Crippen molar-refractivity contribution < 1.29 is 14.3 Å². The Bertz CT molecular complexity index is 1030. The summed E-state index contributed by atoms with van der Waals surface area (Å²) in [5, 5.41) is 3.26. The number of ether oxygens (including phenoxy) is 2. The Kier molecular flexibility index (Phi) is 4.08. The molecule has 144 valence electrons. The molecule has 0 spiro atoms. The fraction of sp³-hybridized carbons (Fsp3) is 0.350. The molecule has 8 heteroatoms. The van der Waals surface area contributed by atoms with Gasteiger partial charge in [-0.1, -0.05) is 6.07 Å². The first-order chi connectivity index (χ1) is 13.6. The van der Waals surface area contributed by atoms with Gasteiger partial charge in [0.2, 0.25) is 6.79 Å². The highest BCUT2D eigenvalue weighted by molar-refractivity contribution is 7.80. The summed E-state index contributed by atoms with van der Waals surface area (Å²) in [4.78, 5) is 26.8. The highest BCUT2D eigenvalue weighted by Crippen LogP contribution is 2.35. The van der Waals surface area contributed by atoms with Crippen LogP contribution in [0, 0.1) is 5.92 Å². The first kappa shape index (κ1) is 17.2. The zero-order valence-electron chi connectivity index (χ0n) is 15.1. The Morgan fingerprint density at radius 1 is 1.11 bits per heavy atom. The van der Waals surface area contributed by atoms with Crippen molar-refractivity contribution in [3.63, 3.8) is 0 Å². The lowest BCUT2D eigenvalue weighted by molar-refractivity contribution is 0.0967. The zero-order valence-corrected chi connectivity index (χ0v) is 15.9. The first-order valence-electron chi connectivity index (χ1n) is 9.28. The van der Waals surface area contributed by atoms with Crippen molar-refractivity contribution in [1.29, 1.82) is 0 Å². The van der Waals surface area contributed by atoms with Crippen LogP contribution in [0.5, 0.6) is 11.5 Å². The number of thiocarbonyl (C=S) groups is 1. The van der Waals surface area contributed by atoms with E-state index in [4.69, 9.17) is 21.7 Å². The molecule has 3 aliphatic rings. The molecule has 0 saturated carbocycles. The number of amides is 1. The molecule has 1 fully saturated rings. The summed E-state index contributed by atoms with van der Waals surface area (Å²) in [7, 11) is 0. The summed E-state index contributed by atoms with van der Waals surface area (Å²) in [6, 6.07) is 10.5. The maximum Gasteiger partial charge on any atom is 0.257 e. The van der Waals surface area contributed by atoms with E-state index in [1.807, 2.05) is 21.6 Å². The molecular weight excluding hydrogens is 378 g/mol. The van der Waals surface area contributed by atoms with E-state index in [1.54, 1.807) is 24.3 Å². The summed E-state index contributed by atoms with van der Waals surface area (Å²) in [6.45, 7) is 2.29. The largest absolute Gasteiger partial charge is 0.454 e. The monoisotopic (exact) mass is 397 g/mol. The lowest BCUT2D eigenvalue weighted by atomic mass is 9.83. The molecule has 5 rings (SSSR count). The van der Waals surface area contributed by atoms with Gasteiger partial charge in [0.1, 0.15) is 0 Å². The molecule has 1 unspecified atom stereocenters. The summed E-state index contributed by atoms with van der Waals surface area (Å²) in [6.07, 6.45) is 1.04. The number of rotatable bonds is 1. The number of piperidine rings is 1. The highest BCUT2D eigenvalue weighted by Gasteiger charge is 2.35. The van der Waals surface area contributed by atoms with E-state index >= 15 is 0 Å². The third-order valence-electron chi connectivity index (χ3n) is 5.62. The lowest BCUT2D eigenvalue weighted by Gasteiger charge is -2.43. The van der Waals surface area contributed by atoms with Crippen molar-refractivity contribution >= 4 is 23.2 Å². The van der Waals surface area contributed by atoms with Gasteiger partial charge in [-0.15, -0.1) is 0 Å². The number of carbonyl (C=O) groups is 1. The predicted molar refractivity (Wildman–Crippen MR) is 106 cm³/mol. The van der Waals surface area contributed by atoms with Crippen molar-refractivity contribution in [3.8, 4) is 11.5 Å². The minimum atomic E-state index is -0.268. The highest BCUT2D eigenvalue weighted by atomic mass is 32.1. The number of nitrogens with zero attached hydrogens (tertiary/aromatic N) is 2. The standard InChI is InChI=1S/C20H19N3O4S/c24-18-3-1-2-15-14-6-12(9-23(15)18)8-22(10-14)20(28)21-19(25)13-4-5-16-17(7-13)27-11-26-16/h1-5,7,12,14H,6,8-11H2,(H,21,25,28)/t12-,14?/m1/s1. The average Bonchev–Trinajstić information content (AvgIpc) is 3.16. The molecule has 1 N–H and O–H groups in total. The molecule has 1 saturated heterocycles. The molecule has 7 nitrogen and oxygen atoms in total. The zero-order chi connectivity index (χ0) is 19.3. The maximum atomic E-state index is 12.6. The lowest BCUT2D eigenvalue weighted by Crippen LogP contribution is -2.52. The Morgan fingerprint density at radius 2 is 1.96 bits per heavy atom. The molecule has 2 bridgehead atoms. The minimum absolute atomic E-state index is 0.0549. The average molecular weight is 397 g/mol. The minimum Gasteiger partial charge on any atom is -0.454 e. The van der Waals surface area contributed by atoms with E-state index in [1.165, 1.54) is 0 Å². The van der Waals surface area contributed by atoms with Crippen LogP contribution in [-0.4, -0.2) is 40.4 Å². The third kappa shape index (κ3) is 2.93. The molecule has 2 atom stereocenters. The second-order valence-electron chi connectivity index (χ2n) is 7.43. The number of pyridine rings is 1. The maximum absolute atomic E-state index is 12.6. The SMILES string of the molecule is O=C(NC(=S)N1CC2C[C@H](C1)Cn1c2cccc1=O)c1ccc2c(c1)OCO2. The number of hydrogen-bond donors (Lipinski definition) is 1. The topological polar surface area (TPSA) is 72.8 Å². The van der Waals surface area contributed by atoms with E-state index in [9.17, 15) is 9.59 Å². The van der Waals surface area contributed by atoms with Gasteiger partial charge in [-0.25, -0.2) is 0 Å². The van der Waals surface area contributed by atoms with Crippen molar-refractivity contribution in [2.45, 2.75) is 18.9 Å². The molecule has 0 aliphatic carbocycles. The van der Waals surface area contributed by atoms with Crippen LogP contribution >= 0.6 is 12.2 Å². The van der Waals surface area contributed by atoms with E-state index in [2.05, 4.69) is 5.32 Å². The molecule has 0 radical (unpaired) electrons. The van der Waals surface area contributed by atoms with Crippen LogP contribution in [-0.2, 0) is 6.54 Å². The van der Waals surface area contributed by atoms with Crippen molar-refractivity contribution in [2.75, 3.05) is 19.9 Å². The van der Waals surface area contributed by atoms with Gasteiger partial charge in [-0.2, -0.15) is 0 Å². The molecule has 28 heavy (non-hydrogen) atoms. The predicted octanol–water partition coefficient (Wildman–Crippen LogP) is 1.71. The van der Waals surface area contributed by atoms with Gasteiger partial charge in [0, 0.05) is 42.9 Å². The third-order valence-corrected chi connectivity index (χ3v) is 5.98. The number of carbonyl (C=O) groups excluding carboxylic acids is 1. The van der Waals surface area contributed by atoms with Crippen LogP contribution in [0.1, 0.15) is 28.4 Å². The van der Waals surface area contributed by atoms with E-state index < -0.39 is 0 Å². The Balaban J connectivity index is 1.30. The van der Waals surface area contributed by atoms with Gasteiger partial charge in [0.25, 0.3) is 11.5 Å². The fourth-order valence-corrected chi connectivity index (χ4v) is 4.59. The molecule has 1 aromatic heterocycles. The van der Waals surface area contributed by atoms with E-state index in [0.29, 0.717) is 41.2 Å². The van der Waals surface area contributed by atoms with Crippen LogP contribution < -0.4 is 20.3 Å². The summed E-state index contributed by atoms with van der Waals surface area (Å²) < 4.78 is 12.5. The smallest absolute Gasteiger partial charge is 0.257 e. The molecule has 3 aliphatic heterocycles. The van der Waals surface area contributed by atoms with Crippen LogP contribution in [0.25, 0.3) is 0 Å². The van der Waals surface area contributed by atoms with Gasteiger partial charge >= 0.3 is 0 Å². The normalized spacial score (nSPS) is 21.8. The number of nitrogens with one attached hydrogen (secondary N) is 1. The molecule has 1 amide bonds. The molecule has 4 heterocycles. The summed E-state index contributed by atoms with van der Waals surface area (Å²) >= 11 is 5.52. The Labute approximate surface area is 166 Å². The van der Waals surface area contributed by atoms with Crippen LogP contribution in [0.3, 0.4) is 0 Å². The number of benzene rings is 1. The molecular formula is C20H19N3O4S. The second-order valence-corrected chi connectivity index (χ2v) is 7.82. The summed E-state index contributed by atoms with van der Waals surface area (Å²) in [5.74, 6) is 1.51. The molecule has 1 aromatic carbocycles. The Hall–Kier alpha value is -2.87. The number of likely N-dealkylation sites (tertiary alicyclic amines) is 1. The quantitative estimate of drug-likeness (QED) is 0.739.